The third kappa shape index (κ3) is 5.04. The first-order chi connectivity index (χ1) is 9.86. The molecule has 0 aromatic rings. The van der Waals surface area contributed by atoms with Crippen molar-refractivity contribution in [2.75, 3.05) is 18.6 Å². The zero-order chi connectivity index (χ0) is 16.0. The highest BCUT2D eigenvalue weighted by Gasteiger charge is 2.39. The molecule has 1 aliphatic rings. The largest absolute Gasteiger partial charge is 0.481 e. The average molecular weight is 317 g/mol. The number of ether oxygens (including phenoxy) is 1. The predicted octanol–water partition coefficient (Wildman–Crippen LogP) is 0.0772. The summed E-state index contributed by atoms with van der Waals surface area (Å²) >= 11 is 1.27. The number of rotatable bonds is 7. The lowest BCUT2D eigenvalue weighted by atomic mass is 9.98. The van der Waals surface area contributed by atoms with E-state index in [1.165, 1.54) is 25.8 Å². The summed E-state index contributed by atoms with van der Waals surface area (Å²) in [4.78, 5) is 45.3. The Morgan fingerprint density at radius 1 is 1.48 bits per heavy atom. The van der Waals surface area contributed by atoms with Crippen LogP contribution < -0.4 is 5.32 Å². The second-order valence-corrected chi connectivity index (χ2v) is 5.94. The molecular weight excluding hydrogens is 298 g/mol. The molecule has 1 amide bonds. The number of esters is 1. The number of carboxylic acid groups (broad SMARTS) is 1. The van der Waals surface area contributed by atoms with Crippen molar-refractivity contribution in [2.45, 2.75) is 25.8 Å². The van der Waals surface area contributed by atoms with E-state index >= 15 is 0 Å². The van der Waals surface area contributed by atoms with Gasteiger partial charge in [-0.05, 0) is 6.42 Å². The van der Waals surface area contributed by atoms with Crippen molar-refractivity contribution in [3.8, 4) is 0 Å². The van der Waals surface area contributed by atoms with Crippen LogP contribution >= 0.6 is 11.8 Å². The molecule has 118 valence electrons. The minimum Gasteiger partial charge on any atom is -0.481 e. The minimum absolute atomic E-state index is 0.0518. The van der Waals surface area contributed by atoms with E-state index in [4.69, 9.17) is 5.11 Å². The Bertz CT molecular complexity index is 438. The molecule has 0 heterocycles. The number of nitrogens with one attached hydrogen (secondary N) is 1. The fourth-order valence-corrected chi connectivity index (χ4v) is 3.55. The molecule has 0 bridgehead atoms. The fraction of sp³-hybridized carbons (Fsp3) is 0.692. The summed E-state index contributed by atoms with van der Waals surface area (Å²) in [6.45, 7) is 1.29. The van der Waals surface area contributed by atoms with Crippen LogP contribution in [-0.4, -0.2) is 53.4 Å². The topological polar surface area (TPSA) is 110 Å². The smallest absolute Gasteiger partial charge is 0.329 e. The monoisotopic (exact) mass is 317 g/mol. The second kappa shape index (κ2) is 8.02. The summed E-state index contributed by atoms with van der Waals surface area (Å²) in [6, 6.07) is -0.794. The van der Waals surface area contributed by atoms with Crippen LogP contribution in [0.5, 0.6) is 0 Å². The van der Waals surface area contributed by atoms with Gasteiger partial charge in [-0.25, -0.2) is 4.79 Å². The van der Waals surface area contributed by atoms with Gasteiger partial charge in [0.2, 0.25) is 5.91 Å². The summed E-state index contributed by atoms with van der Waals surface area (Å²) in [5.41, 5.74) is 0. The number of ketones is 1. The molecule has 1 unspecified atom stereocenters. The number of Topliss-reactive ketones (excluding diaryl/α,β-unsaturated/α-hetero) is 1. The maximum atomic E-state index is 11.7. The summed E-state index contributed by atoms with van der Waals surface area (Å²) < 4.78 is 4.59. The van der Waals surface area contributed by atoms with Crippen molar-refractivity contribution in [3.63, 3.8) is 0 Å². The van der Waals surface area contributed by atoms with Crippen molar-refractivity contribution in [1.29, 1.82) is 0 Å². The zero-order valence-corrected chi connectivity index (χ0v) is 12.8. The first-order valence-electron chi connectivity index (χ1n) is 6.55. The van der Waals surface area contributed by atoms with Crippen LogP contribution in [0.2, 0.25) is 0 Å². The highest BCUT2D eigenvalue weighted by atomic mass is 32.2. The summed E-state index contributed by atoms with van der Waals surface area (Å²) in [5.74, 6) is -2.55. The molecule has 1 saturated carbocycles. The van der Waals surface area contributed by atoms with E-state index in [-0.39, 0.29) is 23.9 Å². The normalized spacial score (nSPS) is 22.7. The Balaban J connectivity index is 2.52. The maximum Gasteiger partial charge on any atom is 0.329 e. The molecule has 7 nitrogen and oxygen atoms in total. The number of hydrogen-bond acceptors (Lipinski definition) is 6. The fourth-order valence-electron chi connectivity index (χ4n) is 2.28. The average Bonchev–Trinajstić information content (AvgIpc) is 2.78. The third-order valence-electron chi connectivity index (χ3n) is 3.36. The number of carbonyl (C=O) groups excluding carboxylic acids is 3. The Kier molecular flexibility index (Phi) is 6.67. The van der Waals surface area contributed by atoms with E-state index in [2.05, 4.69) is 10.1 Å². The Morgan fingerprint density at radius 3 is 2.67 bits per heavy atom. The number of carbonyl (C=O) groups is 4. The van der Waals surface area contributed by atoms with E-state index in [0.717, 1.165) is 0 Å². The van der Waals surface area contributed by atoms with E-state index in [1.807, 2.05) is 0 Å². The molecular formula is C13H19NO6S. The van der Waals surface area contributed by atoms with Gasteiger partial charge in [0.1, 0.15) is 11.8 Å². The molecule has 1 fully saturated rings. The standard InChI is InChI=1S/C13H19NO6S/c1-7(15)14-10(13(19)20-2)6-21-5-9-8(12(17)18)3-4-11(9)16/h8-10H,3-6H2,1-2H3,(H,14,15)(H,17,18)/t8-,9+,10?/m1/s1. The van der Waals surface area contributed by atoms with Gasteiger partial charge in [0, 0.05) is 30.8 Å². The van der Waals surface area contributed by atoms with E-state index in [1.54, 1.807) is 0 Å². The van der Waals surface area contributed by atoms with Crippen LogP contribution in [0.1, 0.15) is 19.8 Å². The number of thioether (sulfide) groups is 1. The highest BCUT2D eigenvalue weighted by molar-refractivity contribution is 7.99. The van der Waals surface area contributed by atoms with Crippen molar-refractivity contribution in [1.82, 2.24) is 5.32 Å². The lowest BCUT2D eigenvalue weighted by Gasteiger charge is -2.17. The van der Waals surface area contributed by atoms with Crippen LogP contribution in [0.25, 0.3) is 0 Å². The lowest BCUT2D eigenvalue weighted by Crippen LogP contribution is -2.42. The Hall–Kier alpha value is -1.57. The van der Waals surface area contributed by atoms with Crippen LogP contribution in [0.3, 0.4) is 0 Å². The number of hydrogen-bond donors (Lipinski definition) is 2. The molecule has 8 heteroatoms. The number of aliphatic carboxylic acids is 1. The maximum absolute atomic E-state index is 11.7. The molecule has 0 spiro atoms. The highest BCUT2D eigenvalue weighted by Crippen LogP contribution is 2.31. The van der Waals surface area contributed by atoms with Crippen LogP contribution in [0.15, 0.2) is 0 Å². The molecule has 2 N–H and O–H groups in total. The second-order valence-electron chi connectivity index (χ2n) is 4.87. The van der Waals surface area contributed by atoms with Crippen molar-refractivity contribution in [2.24, 2.45) is 11.8 Å². The Morgan fingerprint density at radius 2 is 2.14 bits per heavy atom. The van der Waals surface area contributed by atoms with E-state index < -0.39 is 29.8 Å². The quantitative estimate of drug-likeness (QED) is 0.640. The number of carboxylic acids is 1. The van der Waals surface area contributed by atoms with Gasteiger partial charge >= 0.3 is 11.9 Å². The first-order valence-corrected chi connectivity index (χ1v) is 7.70. The summed E-state index contributed by atoms with van der Waals surface area (Å²) in [5, 5.41) is 11.5. The van der Waals surface area contributed by atoms with Gasteiger partial charge in [0.15, 0.2) is 0 Å². The van der Waals surface area contributed by atoms with Crippen molar-refractivity contribution < 1.29 is 29.0 Å². The zero-order valence-electron chi connectivity index (χ0n) is 12.0. The SMILES string of the molecule is COC(=O)C(CSC[C@@H]1C(=O)CC[C@H]1C(=O)O)NC(C)=O. The molecule has 3 atom stereocenters. The van der Waals surface area contributed by atoms with Gasteiger partial charge in [-0.3, -0.25) is 14.4 Å². The summed E-state index contributed by atoms with van der Waals surface area (Å²) in [6.07, 6.45) is 0.653. The third-order valence-corrected chi connectivity index (χ3v) is 4.53. The molecule has 0 aliphatic heterocycles. The number of methoxy groups -OCH3 is 1. The van der Waals surface area contributed by atoms with Crippen LogP contribution in [-0.2, 0) is 23.9 Å². The lowest BCUT2D eigenvalue weighted by molar-refractivity contribution is -0.144. The van der Waals surface area contributed by atoms with Crippen LogP contribution in [0.4, 0.5) is 0 Å². The van der Waals surface area contributed by atoms with Gasteiger partial charge in [0.05, 0.1) is 13.0 Å². The molecule has 0 aromatic carbocycles. The van der Waals surface area contributed by atoms with E-state index in [9.17, 15) is 19.2 Å². The van der Waals surface area contributed by atoms with Gasteiger partial charge < -0.3 is 15.2 Å². The van der Waals surface area contributed by atoms with Crippen LogP contribution in [0, 0.1) is 11.8 Å². The van der Waals surface area contributed by atoms with Gasteiger partial charge in [-0.15, -0.1) is 0 Å². The Labute approximate surface area is 126 Å². The van der Waals surface area contributed by atoms with Crippen molar-refractivity contribution in [3.05, 3.63) is 0 Å². The summed E-state index contributed by atoms with van der Waals surface area (Å²) in [7, 11) is 1.22. The van der Waals surface area contributed by atoms with Gasteiger partial charge in [-0.2, -0.15) is 11.8 Å². The van der Waals surface area contributed by atoms with Gasteiger partial charge in [0.25, 0.3) is 0 Å². The predicted molar refractivity (Wildman–Crippen MR) is 75.8 cm³/mol. The molecule has 1 rings (SSSR count). The molecule has 1 aliphatic carbocycles. The molecule has 0 saturated heterocycles. The van der Waals surface area contributed by atoms with Crippen molar-refractivity contribution >= 4 is 35.4 Å². The molecule has 0 radical (unpaired) electrons. The number of amides is 1. The van der Waals surface area contributed by atoms with Gasteiger partial charge in [-0.1, -0.05) is 0 Å². The molecule has 21 heavy (non-hydrogen) atoms. The van der Waals surface area contributed by atoms with E-state index in [0.29, 0.717) is 12.2 Å². The molecule has 0 aromatic heterocycles. The first kappa shape index (κ1) is 17.5. The minimum atomic E-state index is -0.960.